The van der Waals surface area contributed by atoms with Gasteiger partial charge in [0.1, 0.15) is 5.75 Å². The van der Waals surface area contributed by atoms with Gasteiger partial charge in [-0.25, -0.2) is 4.98 Å². The second-order valence-electron chi connectivity index (χ2n) is 4.22. The van der Waals surface area contributed by atoms with E-state index in [9.17, 15) is 0 Å². The Morgan fingerprint density at radius 1 is 1.33 bits per heavy atom. The maximum Gasteiger partial charge on any atom is 0.224 e. The highest BCUT2D eigenvalue weighted by Crippen LogP contribution is 2.32. The molecule has 1 heterocycles. The zero-order valence-electron chi connectivity index (χ0n) is 10.4. The van der Waals surface area contributed by atoms with E-state index in [-0.39, 0.29) is 6.04 Å². The summed E-state index contributed by atoms with van der Waals surface area (Å²) in [6.07, 6.45) is 1.70. The van der Waals surface area contributed by atoms with Gasteiger partial charge < -0.3 is 10.5 Å². The topological polar surface area (TPSA) is 48.1 Å². The van der Waals surface area contributed by atoms with Gasteiger partial charge in [-0.15, -0.1) is 0 Å². The second kappa shape index (κ2) is 5.50. The Morgan fingerprint density at radius 3 is 2.78 bits per heavy atom. The number of benzene rings is 1. The van der Waals surface area contributed by atoms with Crippen LogP contribution < -0.4 is 10.5 Å². The Kier molecular flexibility index (Phi) is 3.99. The second-order valence-corrected chi connectivity index (χ2v) is 5.08. The summed E-state index contributed by atoms with van der Waals surface area (Å²) in [6, 6.07) is 9.58. The van der Waals surface area contributed by atoms with Crippen LogP contribution in [0.5, 0.6) is 11.6 Å². The van der Waals surface area contributed by atoms with Gasteiger partial charge in [0.15, 0.2) is 0 Å². The fourth-order valence-corrected chi connectivity index (χ4v) is 2.20. The van der Waals surface area contributed by atoms with Gasteiger partial charge in [0.25, 0.3) is 0 Å². The van der Waals surface area contributed by atoms with Crippen molar-refractivity contribution in [1.29, 1.82) is 0 Å². The average Bonchev–Trinajstić information content (AvgIpc) is 2.33. The van der Waals surface area contributed by atoms with Crippen molar-refractivity contribution in [2.45, 2.75) is 19.9 Å². The summed E-state index contributed by atoms with van der Waals surface area (Å²) >= 11 is 3.48. The summed E-state index contributed by atoms with van der Waals surface area (Å²) in [4.78, 5) is 4.24. The van der Waals surface area contributed by atoms with Gasteiger partial charge >= 0.3 is 0 Å². The molecule has 1 aromatic heterocycles. The van der Waals surface area contributed by atoms with Gasteiger partial charge in [-0.3, -0.25) is 0 Å². The largest absolute Gasteiger partial charge is 0.437 e. The fraction of sp³-hybridized carbons (Fsp3) is 0.214. The molecule has 0 aliphatic carbocycles. The highest BCUT2D eigenvalue weighted by molar-refractivity contribution is 9.10. The van der Waals surface area contributed by atoms with Crippen molar-refractivity contribution >= 4 is 15.9 Å². The molecule has 0 radical (unpaired) electrons. The van der Waals surface area contributed by atoms with E-state index in [1.54, 1.807) is 6.20 Å². The van der Waals surface area contributed by atoms with Gasteiger partial charge in [0.2, 0.25) is 5.88 Å². The van der Waals surface area contributed by atoms with Crippen LogP contribution in [0.4, 0.5) is 0 Å². The van der Waals surface area contributed by atoms with E-state index < -0.39 is 0 Å². The summed E-state index contributed by atoms with van der Waals surface area (Å²) in [5, 5.41) is 0. The molecule has 0 unspecified atom stereocenters. The molecule has 1 atom stereocenters. The lowest BCUT2D eigenvalue weighted by Crippen LogP contribution is -2.07. The molecule has 3 nitrogen and oxygen atoms in total. The van der Waals surface area contributed by atoms with Crippen LogP contribution in [-0.4, -0.2) is 4.98 Å². The maximum absolute atomic E-state index is 5.90. The number of rotatable bonds is 3. The normalized spacial score (nSPS) is 12.2. The summed E-state index contributed by atoms with van der Waals surface area (Å²) in [7, 11) is 0. The lowest BCUT2D eigenvalue weighted by Gasteiger charge is -2.13. The van der Waals surface area contributed by atoms with E-state index >= 15 is 0 Å². The number of hydrogen-bond acceptors (Lipinski definition) is 3. The Morgan fingerprint density at radius 2 is 2.11 bits per heavy atom. The third-order valence-corrected chi connectivity index (χ3v) is 3.20. The van der Waals surface area contributed by atoms with Crippen LogP contribution in [0.1, 0.15) is 24.1 Å². The van der Waals surface area contributed by atoms with Crippen LogP contribution in [0.3, 0.4) is 0 Å². The first-order valence-corrected chi connectivity index (χ1v) is 6.51. The molecule has 18 heavy (non-hydrogen) atoms. The highest BCUT2D eigenvalue weighted by atomic mass is 79.9. The third-order valence-electron chi connectivity index (χ3n) is 2.59. The summed E-state index contributed by atoms with van der Waals surface area (Å²) in [5.41, 5.74) is 7.96. The number of nitrogens with zero attached hydrogens (tertiary/aromatic N) is 1. The minimum Gasteiger partial charge on any atom is -0.437 e. The van der Waals surface area contributed by atoms with Crippen molar-refractivity contribution in [3.63, 3.8) is 0 Å². The van der Waals surface area contributed by atoms with Crippen molar-refractivity contribution in [3.8, 4) is 11.6 Å². The zero-order valence-corrected chi connectivity index (χ0v) is 11.9. The van der Waals surface area contributed by atoms with Crippen LogP contribution >= 0.6 is 15.9 Å². The number of hydrogen-bond donors (Lipinski definition) is 1. The monoisotopic (exact) mass is 306 g/mol. The Bertz CT molecular complexity index is 555. The lowest BCUT2D eigenvalue weighted by atomic mass is 10.1. The average molecular weight is 307 g/mol. The van der Waals surface area contributed by atoms with Gasteiger partial charge in [-0.1, -0.05) is 12.1 Å². The van der Waals surface area contributed by atoms with Crippen molar-refractivity contribution < 1.29 is 4.74 Å². The first-order valence-electron chi connectivity index (χ1n) is 5.72. The number of pyridine rings is 1. The minimum absolute atomic E-state index is 0.113. The molecular weight excluding hydrogens is 292 g/mol. The quantitative estimate of drug-likeness (QED) is 0.933. The number of nitrogens with two attached hydrogens (primary N) is 1. The molecule has 2 rings (SSSR count). The molecule has 0 saturated carbocycles. The van der Waals surface area contributed by atoms with Gasteiger partial charge in [0, 0.05) is 17.8 Å². The molecule has 0 spiro atoms. The van der Waals surface area contributed by atoms with Gasteiger partial charge in [-0.05, 0) is 53.5 Å². The Hall–Kier alpha value is -1.39. The van der Waals surface area contributed by atoms with E-state index in [1.165, 1.54) is 5.56 Å². The van der Waals surface area contributed by atoms with E-state index in [2.05, 4.69) is 20.9 Å². The lowest BCUT2D eigenvalue weighted by molar-refractivity contribution is 0.449. The van der Waals surface area contributed by atoms with Crippen LogP contribution in [0.15, 0.2) is 41.0 Å². The molecule has 0 amide bonds. The fourth-order valence-electron chi connectivity index (χ4n) is 1.63. The number of aryl methyl sites for hydroxylation is 1. The molecular formula is C14H15BrN2O. The maximum atomic E-state index is 5.90. The van der Waals surface area contributed by atoms with Crippen molar-refractivity contribution in [3.05, 3.63) is 52.1 Å². The van der Waals surface area contributed by atoms with E-state index in [4.69, 9.17) is 10.5 Å². The van der Waals surface area contributed by atoms with Crippen LogP contribution in [0.2, 0.25) is 0 Å². The number of halogens is 1. The molecule has 0 fully saturated rings. The van der Waals surface area contributed by atoms with Gasteiger partial charge in [-0.2, -0.15) is 0 Å². The highest BCUT2D eigenvalue weighted by Gasteiger charge is 2.11. The molecule has 0 aliphatic heterocycles. The van der Waals surface area contributed by atoms with Crippen LogP contribution in [0, 0.1) is 6.92 Å². The number of aromatic nitrogens is 1. The summed E-state index contributed by atoms with van der Waals surface area (Å²) < 4.78 is 6.72. The third kappa shape index (κ3) is 2.89. The molecule has 0 saturated heterocycles. The molecule has 2 N–H and O–H groups in total. The van der Waals surface area contributed by atoms with Crippen LogP contribution in [-0.2, 0) is 0 Å². The summed E-state index contributed by atoms with van der Waals surface area (Å²) in [6.45, 7) is 3.94. The predicted octanol–water partition coefficient (Wildman–Crippen LogP) is 3.96. The SMILES string of the molecule is Cc1ccc(Oc2ncccc2[C@H](C)N)c(Br)c1. The molecule has 94 valence electrons. The Labute approximate surface area is 115 Å². The zero-order chi connectivity index (χ0) is 13.1. The van der Waals surface area contributed by atoms with Crippen molar-refractivity contribution in [2.75, 3.05) is 0 Å². The molecule has 0 bridgehead atoms. The Balaban J connectivity index is 2.34. The van der Waals surface area contributed by atoms with E-state index in [1.807, 2.05) is 44.2 Å². The number of ether oxygens (including phenoxy) is 1. The predicted molar refractivity (Wildman–Crippen MR) is 75.8 cm³/mol. The first-order chi connectivity index (χ1) is 8.58. The standard InChI is InChI=1S/C14H15BrN2O/c1-9-5-6-13(12(15)8-9)18-14-11(10(2)16)4-3-7-17-14/h3-8,10H,16H2,1-2H3/t10-/m0/s1. The summed E-state index contributed by atoms with van der Waals surface area (Å²) in [5.74, 6) is 1.29. The molecule has 2 aromatic rings. The first kappa shape index (κ1) is 13.1. The van der Waals surface area contributed by atoms with Crippen LogP contribution in [0.25, 0.3) is 0 Å². The smallest absolute Gasteiger partial charge is 0.224 e. The van der Waals surface area contributed by atoms with Crippen molar-refractivity contribution in [1.82, 2.24) is 4.98 Å². The minimum atomic E-state index is -0.113. The van der Waals surface area contributed by atoms with E-state index in [0.29, 0.717) is 5.88 Å². The molecule has 1 aromatic carbocycles. The van der Waals surface area contributed by atoms with E-state index in [0.717, 1.165) is 15.8 Å². The van der Waals surface area contributed by atoms with Gasteiger partial charge in [0.05, 0.1) is 4.47 Å². The molecule has 0 aliphatic rings. The van der Waals surface area contributed by atoms with Crippen molar-refractivity contribution in [2.24, 2.45) is 5.73 Å². The molecule has 4 heteroatoms.